The number of halogens is 1. The van der Waals surface area contributed by atoms with E-state index in [1.165, 1.54) is 6.42 Å². The number of rotatable bonds is 3. The summed E-state index contributed by atoms with van der Waals surface area (Å²) in [5, 5.41) is 5.67. The number of hydrogen-bond donors (Lipinski definition) is 2. The van der Waals surface area contributed by atoms with E-state index >= 15 is 0 Å². The van der Waals surface area contributed by atoms with Crippen LogP contribution in [0.25, 0.3) is 0 Å². The van der Waals surface area contributed by atoms with E-state index in [1.54, 1.807) is 18.2 Å². The Bertz CT molecular complexity index is 658. The summed E-state index contributed by atoms with van der Waals surface area (Å²) in [6, 6.07) is 5.10. The number of ether oxygens (including phenoxy) is 2. The molecule has 1 aliphatic carbocycles. The number of nitrogens with one attached hydrogen (secondary N) is 2. The molecule has 0 bridgehead atoms. The Morgan fingerprint density at radius 1 is 1.24 bits per heavy atom. The van der Waals surface area contributed by atoms with Crippen LogP contribution in [-0.2, 0) is 19.1 Å². The Kier molecular flexibility index (Phi) is 5.61. The molecule has 3 rings (SSSR count). The normalized spacial score (nSPS) is 21.9. The van der Waals surface area contributed by atoms with E-state index in [4.69, 9.17) is 21.1 Å². The lowest BCUT2D eigenvalue weighted by molar-refractivity contribution is -0.186. The zero-order valence-electron chi connectivity index (χ0n) is 14.3. The molecule has 0 radical (unpaired) electrons. The summed E-state index contributed by atoms with van der Waals surface area (Å²) in [5.41, 5.74) is 1.39. The van der Waals surface area contributed by atoms with Gasteiger partial charge in [0.2, 0.25) is 0 Å². The van der Waals surface area contributed by atoms with Crippen molar-refractivity contribution in [2.24, 2.45) is 0 Å². The van der Waals surface area contributed by atoms with Crippen molar-refractivity contribution in [3.63, 3.8) is 0 Å². The highest BCUT2D eigenvalue weighted by Crippen LogP contribution is 2.37. The van der Waals surface area contributed by atoms with Crippen molar-refractivity contribution in [2.45, 2.75) is 50.9 Å². The lowest BCUT2D eigenvalue weighted by Gasteiger charge is -2.31. The molecule has 2 fully saturated rings. The van der Waals surface area contributed by atoms with Crippen LogP contribution in [0.15, 0.2) is 18.2 Å². The fourth-order valence-corrected chi connectivity index (χ4v) is 3.40. The first kappa shape index (κ1) is 18.2. The lowest BCUT2D eigenvalue weighted by Crippen LogP contribution is -2.41. The monoisotopic (exact) mass is 366 g/mol. The van der Waals surface area contributed by atoms with Crippen molar-refractivity contribution in [1.82, 2.24) is 5.32 Å². The van der Waals surface area contributed by atoms with Crippen LogP contribution < -0.4 is 10.6 Å². The highest BCUT2D eigenvalue weighted by Gasteiger charge is 2.42. The summed E-state index contributed by atoms with van der Waals surface area (Å²) in [4.78, 5) is 23.9. The number of carbonyl (C=O) groups excluding carboxylic acids is 2. The zero-order valence-corrected chi connectivity index (χ0v) is 15.0. The predicted octanol–water partition coefficient (Wildman–Crippen LogP) is 2.78. The zero-order chi connectivity index (χ0) is 17.9. The molecule has 136 valence electrons. The van der Waals surface area contributed by atoms with Gasteiger partial charge in [-0.1, -0.05) is 24.1 Å². The first-order valence-electron chi connectivity index (χ1n) is 8.65. The van der Waals surface area contributed by atoms with Crippen LogP contribution in [0.2, 0.25) is 5.02 Å². The summed E-state index contributed by atoms with van der Waals surface area (Å²) in [5.74, 6) is -1.91. The predicted molar refractivity (Wildman–Crippen MR) is 94.5 cm³/mol. The van der Waals surface area contributed by atoms with Gasteiger partial charge in [-0.05, 0) is 37.5 Å². The molecule has 1 heterocycles. The second-order valence-electron chi connectivity index (χ2n) is 6.65. The molecule has 1 saturated heterocycles. The molecule has 7 heteroatoms. The molecule has 1 spiro atoms. The number of aryl methyl sites for hydroxylation is 1. The minimum Gasteiger partial charge on any atom is -0.347 e. The second kappa shape index (κ2) is 7.72. The van der Waals surface area contributed by atoms with Crippen molar-refractivity contribution in [1.29, 1.82) is 0 Å². The van der Waals surface area contributed by atoms with E-state index in [0.717, 1.165) is 31.2 Å². The summed E-state index contributed by atoms with van der Waals surface area (Å²) in [6.07, 6.45) is 4.97. The fourth-order valence-electron chi connectivity index (χ4n) is 3.22. The van der Waals surface area contributed by atoms with Crippen LogP contribution in [-0.4, -0.2) is 36.9 Å². The van der Waals surface area contributed by atoms with Crippen LogP contribution in [0.4, 0.5) is 5.69 Å². The third kappa shape index (κ3) is 4.51. The molecule has 1 aromatic carbocycles. The smallest absolute Gasteiger partial charge is 0.313 e. The third-order valence-corrected chi connectivity index (χ3v) is 5.06. The molecular weight excluding hydrogens is 344 g/mol. The molecule has 0 aromatic heterocycles. The van der Waals surface area contributed by atoms with Gasteiger partial charge in [0.15, 0.2) is 5.79 Å². The average molecular weight is 367 g/mol. The molecular formula is C18H23ClN2O4. The van der Waals surface area contributed by atoms with Gasteiger partial charge in [0.25, 0.3) is 0 Å². The van der Waals surface area contributed by atoms with Crippen LogP contribution in [0.1, 0.15) is 37.7 Å². The molecule has 2 N–H and O–H groups in total. The van der Waals surface area contributed by atoms with Gasteiger partial charge in [-0.25, -0.2) is 0 Å². The van der Waals surface area contributed by atoms with Crippen LogP contribution in [0.5, 0.6) is 0 Å². The topological polar surface area (TPSA) is 76.7 Å². The second-order valence-corrected chi connectivity index (χ2v) is 7.06. The Balaban J connectivity index is 1.46. The first-order valence-corrected chi connectivity index (χ1v) is 9.02. The third-order valence-electron chi connectivity index (χ3n) is 4.66. The molecule has 1 aromatic rings. The fraction of sp³-hybridized carbons (Fsp3) is 0.556. The van der Waals surface area contributed by atoms with E-state index in [0.29, 0.717) is 17.3 Å². The Morgan fingerprint density at radius 2 is 2.00 bits per heavy atom. The van der Waals surface area contributed by atoms with E-state index in [9.17, 15) is 9.59 Å². The van der Waals surface area contributed by atoms with Gasteiger partial charge in [-0.15, -0.1) is 0 Å². The Hall–Kier alpha value is -1.63. The first-order chi connectivity index (χ1) is 12.0. The largest absolute Gasteiger partial charge is 0.347 e. The SMILES string of the molecule is Cc1ccc(NC(=O)C(=O)NCC2COC3(CCCCC3)O2)cc1Cl. The van der Waals surface area contributed by atoms with Crippen molar-refractivity contribution >= 4 is 29.1 Å². The lowest BCUT2D eigenvalue weighted by atomic mass is 9.94. The van der Waals surface area contributed by atoms with Gasteiger partial charge in [0, 0.05) is 30.1 Å². The van der Waals surface area contributed by atoms with Gasteiger partial charge < -0.3 is 20.1 Å². The molecule has 25 heavy (non-hydrogen) atoms. The summed E-state index contributed by atoms with van der Waals surface area (Å²) < 4.78 is 11.8. The van der Waals surface area contributed by atoms with Crippen molar-refractivity contribution < 1.29 is 19.1 Å². The number of anilines is 1. The average Bonchev–Trinajstić information content (AvgIpc) is 2.99. The number of carbonyl (C=O) groups is 2. The quantitative estimate of drug-likeness (QED) is 0.806. The number of hydrogen-bond acceptors (Lipinski definition) is 4. The highest BCUT2D eigenvalue weighted by atomic mass is 35.5. The van der Waals surface area contributed by atoms with Gasteiger partial charge in [0.1, 0.15) is 6.10 Å². The van der Waals surface area contributed by atoms with Crippen LogP contribution >= 0.6 is 11.6 Å². The highest BCUT2D eigenvalue weighted by molar-refractivity contribution is 6.39. The molecule has 1 aliphatic heterocycles. The van der Waals surface area contributed by atoms with Crippen molar-refractivity contribution in [3.05, 3.63) is 28.8 Å². The van der Waals surface area contributed by atoms with Crippen LogP contribution in [0, 0.1) is 6.92 Å². The Labute approximate surface area is 152 Å². The summed E-state index contributed by atoms with van der Waals surface area (Å²) in [6.45, 7) is 2.56. The molecule has 2 aliphatic rings. The molecule has 2 amide bonds. The standard InChI is InChI=1S/C18H23ClN2O4/c1-12-5-6-13(9-15(12)19)21-17(23)16(22)20-10-14-11-24-18(25-14)7-3-2-4-8-18/h5-6,9,14H,2-4,7-8,10-11H2,1H3,(H,20,22)(H,21,23). The number of benzene rings is 1. The van der Waals surface area contributed by atoms with Crippen molar-refractivity contribution in [2.75, 3.05) is 18.5 Å². The van der Waals surface area contributed by atoms with Gasteiger partial charge >= 0.3 is 11.8 Å². The number of amides is 2. The van der Waals surface area contributed by atoms with Crippen molar-refractivity contribution in [3.8, 4) is 0 Å². The maximum absolute atomic E-state index is 12.0. The van der Waals surface area contributed by atoms with E-state index in [1.807, 2.05) is 6.92 Å². The maximum atomic E-state index is 12.0. The van der Waals surface area contributed by atoms with Gasteiger partial charge in [0.05, 0.1) is 6.61 Å². The summed E-state index contributed by atoms with van der Waals surface area (Å²) >= 11 is 6.01. The molecule has 1 unspecified atom stereocenters. The van der Waals surface area contributed by atoms with E-state index in [2.05, 4.69) is 10.6 Å². The Morgan fingerprint density at radius 3 is 2.72 bits per heavy atom. The molecule has 6 nitrogen and oxygen atoms in total. The summed E-state index contributed by atoms with van der Waals surface area (Å²) in [7, 11) is 0. The molecule has 1 atom stereocenters. The minimum absolute atomic E-state index is 0.219. The maximum Gasteiger partial charge on any atom is 0.313 e. The molecule has 1 saturated carbocycles. The van der Waals surface area contributed by atoms with E-state index in [-0.39, 0.29) is 12.6 Å². The minimum atomic E-state index is -0.730. The van der Waals surface area contributed by atoms with Crippen LogP contribution in [0.3, 0.4) is 0 Å². The van der Waals surface area contributed by atoms with E-state index < -0.39 is 17.6 Å². The van der Waals surface area contributed by atoms with Gasteiger partial charge in [-0.3, -0.25) is 9.59 Å². The van der Waals surface area contributed by atoms with Gasteiger partial charge in [-0.2, -0.15) is 0 Å².